The summed E-state index contributed by atoms with van der Waals surface area (Å²) < 4.78 is 1.24. The molecule has 2 rings (SSSR count). The zero-order chi connectivity index (χ0) is 11.5. The number of rotatable bonds is 3. The minimum Gasteiger partial charge on any atom is -0.330 e. The molecule has 2 aromatic rings. The van der Waals surface area contributed by atoms with Crippen molar-refractivity contribution in [3.63, 3.8) is 0 Å². The Morgan fingerprint density at radius 1 is 1.38 bits per heavy atom. The predicted molar refractivity (Wildman–Crippen MR) is 77.7 cm³/mol. The summed E-state index contributed by atoms with van der Waals surface area (Å²) in [6, 6.07) is 8.41. The average Bonchev–Trinajstić information content (AvgIpc) is 2.78. The van der Waals surface area contributed by atoms with Crippen molar-refractivity contribution < 1.29 is 0 Å². The number of thiazole rings is 1. The summed E-state index contributed by atoms with van der Waals surface area (Å²) in [5.74, 6) is 0.350. The van der Waals surface area contributed by atoms with E-state index in [4.69, 9.17) is 5.73 Å². The largest absolute Gasteiger partial charge is 0.330 e. The average molecular weight is 344 g/mol. The van der Waals surface area contributed by atoms with E-state index in [0.717, 1.165) is 10.7 Å². The fourth-order valence-corrected chi connectivity index (χ4v) is 2.63. The monoisotopic (exact) mass is 344 g/mol. The zero-order valence-corrected chi connectivity index (χ0v) is 12.0. The Labute approximate surface area is 113 Å². The summed E-state index contributed by atoms with van der Waals surface area (Å²) in [5.41, 5.74) is 7.86. The standard InChI is InChI=1S/C12H13IN2S/c1-8(6-14)12-15-11(7-16-12)9-2-4-10(13)5-3-9/h2-5,7-8H,6,14H2,1H3. The Morgan fingerprint density at radius 2 is 2.06 bits per heavy atom. The predicted octanol–water partition coefficient (Wildman–Crippen LogP) is 3.48. The number of benzene rings is 1. The lowest BCUT2D eigenvalue weighted by atomic mass is 10.1. The van der Waals surface area contributed by atoms with Crippen LogP contribution in [0.15, 0.2) is 29.6 Å². The molecule has 84 valence electrons. The number of nitrogens with two attached hydrogens (primary N) is 1. The van der Waals surface area contributed by atoms with Gasteiger partial charge in [0.2, 0.25) is 0 Å². The summed E-state index contributed by atoms with van der Waals surface area (Å²) in [7, 11) is 0. The molecule has 1 aromatic heterocycles. The number of halogens is 1. The van der Waals surface area contributed by atoms with Gasteiger partial charge in [-0.2, -0.15) is 0 Å². The van der Waals surface area contributed by atoms with Crippen LogP contribution >= 0.6 is 33.9 Å². The zero-order valence-electron chi connectivity index (χ0n) is 8.98. The summed E-state index contributed by atoms with van der Waals surface area (Å²) >= 11 is 3.99. The van der Waals surface area contributed by atoms with Gasteiger partial charge in [0.1, 0.15) is 0 Å². The second kappa shape index (κ2) is 5.25. The highest BCUT2D eigenvalue weighted by atomic mass is 127. The van der Waals surface area contributed by atoms with Gasteiger partial charge in [0, 0.05) is 27.0 Å². The third-order valence-corrected chi connectivity index (χ3v) is 4.23. The molecule has 16 heavy (non-hydrogen) atoms. The molecule has 1 aromatic carbocycles. The molecule has 2 nitrogen and oxygen atoms in total. The number of nitrogens with zero attached hydrogens (tertiary/aromatic N) is 1. The van der Waals surface area contributed by atoms with E-state index in [2.05, 4.69) is 64.1 Å². The highest BCUT2D eigenvalue weighted by molar-refractivity contribution is 14.1. The van der Waals surface area contributed by atoms with Crippen molar-refractivity contribution >= 4 is 33.9 Å². The second-order valence-corrected chi connectivity index (χ2v) is 5.85. The highest BCUT2D eigenvalue weighted by Gasteiger charge is 2.09. The molecule has 0 aliphatic carbocycles. The quantitative estimate of drug-likeness (QED) is 0.866. The van der Waals surface area contributed by atoms with Crippen molar-refractivity contribution in [3.05, 3.63) is 38.2 Å². The lowest BCUT2D eigenvalue weighted by Crippen LogP contribution is -2.08. The Balaban J connectivity index is 2.28. The Bertz CT molecular complexity index is 464. The molecule has 0 bridgehead atoms. The molecule has 0 saturated heterocycles. The molecular formula is C12H13IN2S. The van der Waals surface area contributed by atoms with Crippen molar-refractivity contribution in [1.82, 2.24) is 4.98 Å². The normalized spacial score (nSPS) is 12.7. The first-order valence-electron chi connectivity index (χ1n) is 5.12. The van der Waals surface area contributed by atoms with Crippen LogP contribution in [0.1, 0.15) is 17.8 Å². The summed E-state index contributed by atoms with van der Waals surface area (Å²) in [5, 5.41) is 3.22. The van der Waals surface area contributed by atoms with Gasteiger partial charge in [-0.15, -0.1) is 11.3 Å². The molecule has 1 heterocycles. The Hall–Kier alpha value is -0.460. The van der Waals surface area contributed by atoms with E-state index in [1.165, 1.54) is 9.13 Å². The minimum atomic E-state index is 0.350. The number of aromatic nitrogens is 1. The molecule has 0 aliphatic heterocycles. The summed E-state index contributed by atoms with van der Waals surface area (Å²) in [6.45, 7) is 2.76. The Morgan fingerprint density at radius 3 is 2.69 bits per heavy atom. The molecule has 0 aliphatic rings. The first-order valence-corrected chi connectivity index (χ1v) is 7.08. The van der Waals surface area contributed by atoms with Gasteiger partial charge in [-0.05, 0) is 34.7 Å². The van der Waals surface area contributed by atoms with Crippen LogP contribution in [0, 0.1) is 3.57 Å². The number of hydrogen-bond donors (Lipinski definition) is 1. The summed E-state index contributed by atoms with van der Waals surface area (Å²) in [6.07, 6.45) is 0. The molecule has 1 unspecified atom stereocenters. The third kappa shape index (κ3) is 2.61. The van der Waals surface area contributed by atoms with Crippen molar-refractivity contribution in [1.29, 1.82) is 0 Å². The second-order valence-electron chi connectivity index (χ2n) is 3.71. The van der Waals surface area contributed by atoms with Gasteiger partial charge in [-0.3, -0.25) is 0 Å². The Kier molecular flexibility index (Phi) is 3.94. The topological polar surface area (TPSA) is 38.9 Å². The number of hydrogen-bond acceptors (Lipinski definition) is 3. The summed E-state index contributed by atoms with van der Waals surface area (Å²) in [4.78, 5) is 4.62. The van der Waals surface area contributed by atoms with E-state index in [1.54, 1.807) is 11.3 Å². The molecule has 1 atom stereocenters. The van der Waals surface area contributed by atoms with E-state index >= 15 is 0 Å². The van der Waals surface area contributed by atoms with Gasteiger partial charge in [-0.25, -0.2) is 4.98 Å². The molecule has 0 fully saturated rings. The molecule has 0 amide bonds. The maximum absolute atomic E-state index is 5.64. The lowest BCUT2D eigenvalue weighted by Gasteiger charge is -2.02. The third-order valence-electron chi connectivity index (χ3n) is 2.44. The van der Waals surface area contributed by atoms with E-state index in [-0.39, 0.29) is 0 Å². The van der Waals surface area contributed by atoms with Crippen LogP contribution in [0.2, 0.25) is 0 Å². The maximum Gasteiger partial charge on any atom is 0.0973 e. The van der Waals surface area contributed by atoms with Gasteiger partial charge < -0.3 is 5.73 Å². The van der Waals surface area contributed by atoms with Crippen LogP contribution in [0.25, 0.3) is 11.3 Å². The smallest absolute Gasteiger partial charge is 0.0973 e. The van der Waals surface area contributed by atoms with E-state index in [9.17, 15) is 0 Å². The van der Waals surface area contributed by atoms with Gasteiger partial charge >= 0.3 is 0 Å². The van der Waals surface area contributed by atoms with Gasteiger partial charge in [0.25, 0.3) is 0 Å². The van der Waals surface area contributed by atoms with Gasteiger partial charge in [0.05, 0.1) is 10.7 Å². The van der Waals surface area contributed by atoms with E-state index in [1.807, 2.05) is 0 Å². The van der Waals surface area contributed by atoms with Crippen LogP contribution in [0.5, 0.6) is 0 Å². The van der Waals surface area contributed by atoms with Crippen LogP contribution in [0.4, 0.5) is 0 Å². The van der Waals surface area contributed by atoms with Crippen molar-refractivity contribution in [2.75, 3.05) is 6.54 Å². The molecule has 2 N–H and O–H groups in total. The van der Waals surface area contributed by atoms with Crippen molar-refractivity contribution in [3.8, 4) is 11.3 Å². The molecular weight excluding hydrogens is 331 g/mol. The van der Waals surface area contributed by atoms with Gasteiger partial charge in [-0.1, -0.05) is 19.1 Å². The van der Waals surface area contributed by atoms with Crippen LogP contribution in [-0.2, 0) is 0 Å². The van der Waals surface area contributed by atoms with Crippen LogP contribution < -0.4 is 5.73 Å². The first kappa shape index (κ1) is 12.0. The van der Waals surface area contributed by atoms with Crippen LogP contribution in [-0.4, -0.2) is 11.5 Å². The minimum absolute atomic E-state index is 0.350. The van der Waals surface area contributed by atoms with Crippen molar-refractivity contribution in [2.45, 2.75) is 12.8 Å². The maximum atomic E-state index is 5.64. The SMILES string of the molecule is CC(CN)c1nc(-c2ccc(I)cc2)cs1. The van der Waals surface area contributed by atoms with Crippen LogP contribution in [0.3, 0.4) is 0 Å². The molecule has 0 spiro atoms. The van der Waals surface area contributed by atoms with Crippen molar-refractivity contribution in [2.24, 2.45) is 5.73 Å². The molecule has 0 saturated carbocycles. The fraction of sp³-hybridized carbons (Fsp3) is 0.250. The lowest BCUT2D eigenvalue weighted by molar-refractivity contribution is 0.766. The molecule has 0 radical (unpaired) electrons. The van der Waals surface area contributed by atoms with E-state index < -0.39 is 0 Å². The highest BCUT2D eigenvalue weighted by Crippen LogP contribution is 2.26. The molecule has 4 heteroatoms. The van der Waals surface area contributed by atoms with Gasteiger partial charge in [0.15, 0.2) is 0 Å². The van der Waals surface area contributed by atoms with E-state index in [0.29, 0.717) is 12.5 Å². The first-order chi connectivity index (χ1) is 7.70. The fourth-order valence-electron chi connectivity index (χ4n) is 1.37.